The van der Waals surface area contributed by atoms with Crippen LogP contribution in [-0.4, -0.2) is 24.5 Å². The molecule has 0 radical (unpaired) electrons. The first kappa shape index (κ1) is 31.1. The summed E-state index contributed by atoms with van der Waals surface area (Å²) in [5.74, 6) is -1.31. The molecule has 0 aliphatic carbocycles. The monoisotopic (exact) mass is 491 g/mol. The maximum atomic E-state index is 13.1. The Morgan fingerprint density at radius 2 is 1.17 bits per heavy atom. The van der Waals surface area contributed by atoms with Gasteiger partial charge in [-0.2, -0.15) is 0 Å². The van der Waals surface area contributed by atoms with Crippen LogP contribution in [-0.2, 0) is 9.53 Å². The third-order valence-corrected chi connectivity index (χ3v) is 6.56. The van der Waals surface area contributed by atoms with Gasteiger partial charge >= 0.3 is 5.97 Å². The minimum Gasteiger partial charge on any atom is -0.464 e. The van der Waals surface area contributed by atoms with E-state index in [2.05, 4.69) is 12.2 Å². The molecule has 0 heterocycles. The number of halogens is 1. The zero-order valence-corrected chi connectivity index (χ0v) is 22.6. The van der Waals surface area contributed by atoms with Crippen molar-refractivity contribution in [3.63, 3.8) is 0 Å². The van der Waals surface area contributed by atoms with Crippen molar-refractivity contribution in [1.29, 1.82) is 0 Å². The number of unbranched alkanes of at least 4 members (excludes halogenated alkanes) is 15. The molecule has 200 valence electrons. The second kappa shape index (κ2) is 20.3. The fourth-order valence-corrected chi connectivity index (χ4v) is 4.24. The van der Waals surface area contributed by atoms with Crippen molar-refractivity contribution in [3.8, 4) is 0 Å². The van der Waals surface area contributed by atoms with Crippen molar-refractivity contribution in [3.05, 3.63) is 35.6 Å². The largest absolute Gasteiger partial charge is 0.464 e. The SMILES string of the molecule is CCCCCCCCCCCCCCCCCCOC(=O)C(NC(=O)c1ccc(F)cc1)C(C)C. The van der Waals surface area contributed by atoms with Gasteiger partial charge in [0.1, 0.15) is 11.9 Å². The number of amides is 1. The average Bonchev–Trinajstić information content (AvgIpc) is 2.84. The predicted octanol–water partition coefficient (Wildman–Crippen LogP) is 8.38. The van der Waals surface area contributed by atoms with E-state index in [0.717, 1.165) is 12.8 Å². The molecular formula is C30H50FNO3. The number of hydrogen-bond donors (Lipinski definition) is 1. The van der Waals surface area contributed by atoms with Crippen LogP contribution >= 0.6 is 0 Å². The van der Waals surface area contributed by atoms with E-state index in [0.29, 0.717) is 12.2 Å². The maximum absolute atomic E-state index is 13.1. The molecule has 0 aliphatic rings. The van der Waals surface area contributed by atoms with Crippen molar-refractivity contribution in [1.82, 2.24) is 5.32 Å². The first-order chi connectivity index (χ1) is 17.0. The molecule has 0 saturated heterocycles. The Morgan fingerprint density at radius 3 is 1.60 bits per heavy atom. The lowest BCUT2D eigenvalue weighted by molar-refractivity contribution is -0.147. The molecule has 0 spiro atoms. The first-order valence-electron chi connectivity index (χ1n) is 14.2. The normalized spacial score (nSPS) is 12.0. The number of rotatable bonds is 21. The molecular weight excluding hydrogens is 441 g/mol. The molecule has 0 fully saturated rings. The van der Waals surface area contributed by atoms with E-state index in [4.69, 9.17) is 4.74 Å². The van der Waals surface area contributed by atoms with Crippen molar-refractivity contribution in [2.75, 3.05) is 6.61 Å². The Labute approximate surface area is 213 Å². The molecule has 1 N–H and O–H groups in total. The van der Waals surface area contributed by atoms with Gasteiger partial charge in [0.05, 0.1) is 6.61 Å². The van der Waals surface area contributed by atoms with Gasteiger partial charge in [-0.05, 0) is 36.6 Å². The first-order valence-corrected chi connectivity index (χ1v) is 14.2. The lowest BCUT2D eigenvalue weighted by Crippen LogP contribution is -2.45. The summed E-state index contributed by atoms with van der Waals surface area (Å²) in [4.78, 5) is 24.8. The highest BCUT2D eigenvalue weighted by atomic mass is 19.1. The van der Waals surface area contributed by atoms with Crippen molar-refractivity contribution in [2.45, 2.75) is 130 Å². The highest BCUT2D eigenvalue weighted by Gasteiger charge is 2.26. The Bertz CT molecular complexity index is 675. The second-order valence-electron chi connectivity index (χ2n) is 10.2. The van der Waals surface area contributed by atoms with Crippen LogP contribution < -0.4 is 5.32 Å². The van der Waals surface area contributed by atoms with Crippen LogP contribution in [0.2, 0.25) is 0 Å². The Kier molecular flexibility index (Phi) is 18.0. The zero-order valence-electron chi connectivity index (χ0n) is 22.6. The van der Waals surface area contributed by atoms with E-state index < -0.39 is 23.7 Å². The molecule has 5 heteroatoms. The van der Waals surface area contributed by atoms with Gasteiger partial charge in [0, 0.05) is 5.56 Å². The fraction of sp³-hybridized carbons (Fsp3) is 0.733. The molecule has 1 unspecified atom stereocenters. The van der Waals surface area contributed by atoms with Crippen molar-refractivity contribution in [2.24, 2.45) is 5.92 Å². The quantitative estimate of drug-likeness (QED) is 0.139. The van der Waals surface area contributed by atoms with E-state index in [1.165, 1.54) is 114 Å². The summed E-state index contributed by atoms with van der Waals surface area (Å²) in [6, 6.07) is 4.56. The summed E-state index contributed by atoms with van der Waals surface area (Å²) < 4.78 is 18.5. The maximum Gasteiger partial charge on any atom is 0.328 e. The third-order valence-electron chi connectivity index (χ3n) is 6.56. The van der Waals surface area contributed by atoms with Gasteiger partial charge in [0.15, 0.2) is 0 Å². The van der Waals surface area contributed by atoms with Gasteiger partial charge in [-0.3, -0.25) is 4.79 Å². The fourth-order valence-electron chi connectivity index (χ4n) is 4.24. The average molecular weight is 492 g/mol. The van der Waals surface area contributed by atoms with Gasteiger partial charge < -0.3 is 10.1 Å². The van der Waals surface area contributed by atoms with Gasteiger partial charge in [-0.25, -0.2) is 9.18 Å². The summed E-state index contributed by atoms with van der Waals surface area (Å²) in [5, 5.41) is 2.72. The highest BCUT2D eigenvalue weighted by Crippen LogP contribution is 2.14. The molecule has 1 amide bonds. The Balaban J connectivity index is 2.02. The number of esters is 1. The Hall–Kier alpha value is -1.91. The second-order valence-corrected chi connectivity index (χ2v) is 10.2. The van der Waals surface area contributed by atoms with Crippen LogP contribution in [0.15, 0.2) is 24.3 Å². The molecule has 0 bridgehead atoms. The molecule has 1 aromatic rings. The van der Waals surface area contributed by atoms with Gasteiger partial charge in [-0.15, -0.1) is 0 Å². The minimum atomic E-state index is -0.714. The summed E-state index contributed by atoms with van der Waals surface area (Å²) in [5.41, 5.74) is 0.322. The molecule has 35 heavy (non-hydrogen) atoms. The number of nitrogens with one attached hydrogen (secondary N) is 1. The Morgan fingerprint density at radius 1 is 0.743 bits per heavy atom. The third kappa shape index (κ3) is 15.6. The molecule has 0 aromatic heterocycles. The van der Waals surface area contributed by atoms with E-state index in [1.54, 1.807) is 0 Å². The smallest absolute Gasteiger partial charge is 0.328 e. The summed E-state index contributed by atoms with van der Waals surface area (Å²) in [6.45, 7) is 6.38. The number of benzene rings is 1. The molecule has 4 nitrogen and oxygen atoms in total. The van der Waals surface area contributed by atoms with Crippen LogP contribution in [0.4, 0.5) is 4.39 Å². The van der Waals surface area contributed by atoms with E-state index in [9.17, 15) is 14.0 Å². The van der Waals surface area contributed by atoms with E-state index >= 15 is 0 Å². The predicted molar refractivity (Wildman–Crippen MR) is 143 cm³/mol. The zero-order chi connectivity index (χ0) is 25.7. The minimum absolute atomic E-state index is 0.0994. The number of carbonyl (C=O) groups excluding carboxylic acids is 2. The van der Waals surface area contributed by atoms with Gasteiger partial charge in [0.25, 0.3) is 5.91 Å². The summed E-state index contributed by atoms with van der Waals surface area (Å²) in [7, 11) is 0. The summed E-state index contributed by atoms with van der Waals surface area (Å²) >= 11 is 0. The lowest BCUT2D eigenvalue weighted by atomic mass is 10.0. The number of carbonyl (C=O) groups is 2. The van der Waals surface area contributed by atoms with Crippen molar-refractivity contribution >= 4 is 11.9 Å². The molecule has 1 aromatic carbocycles. The van der Waals surface area contributed by atoms with Gasteiger partial charge in [-0.1, -0.05) is 117 Å². The van der Waals surface area contributed by atoms with Crippen LogP contribution in [0.25, 0.3) is 0 Å². The van der Waals surface area contributed by atoms with E-state index in [1.807, 2.05) is 13.8 Å². The van der Waals surface area contributed by atoms with Crippen LogP contribution in [0.5, 0.6) is 0 Å². The topological polar surface area (TPSA) is 55.4 Å². The molecule has 0 aliphatic heterocycles. The van der Waals surface area contributed by atoms with E-state index in [-0.39, 0.29) is 5.92 Å². The summed E-state index contributed by atoms with van der Waals surface area (Å²) in [6.07, 6.45) is 20.8. The van der Waals surface area contributed by atoms with Crippen LogP contribution in [0, 0.1) is 11.7 Å². The van der Waals surface area contributed by atoms with Crippen LogP contribution in [0.3, 0.4) is 0 Å². The number of ether oxygens (including phenoxy) is 1. The number of hydrogen-bond acceptors (Lipinski definition) is 3. The lowest BCUT2D eigenvalue weighted by Gasteiger charge is -2.21. The standard InChI is InChI=1S/C30H50FNO3/c1-4-5-6-7-8-9-10-11-12-13-14-15-16-17-18-19-24-35-30(34)28(25(2)3)32-29(33)26-20-22-27(31)23-21-26/h20-23,25,28H,4-19,24H2,1-3H3,(H,32,33). The molecule has 1 rings (SSSR count). The van der Waals surface area contributed by atoms with Crippen LogP contribution in [0.1, 0.15) is 134 Å². The molecule has 1 atom stereocenters. The molecule has 0 saturated carbocycles. The van der Waals surface area contributed by atoms with Crippen molar-refractivity contribution < 1.29 is 18.7 Å². The van der Waals surface area contributed by atoms with Gasteiger partial charge in [0.2, 0.25) is 0 Å². The highest BCUT2D eigenvalue weighted by molar-refractivity contribution is 5.96.